The maximum atomic E-state index is 12.4. The van der Waals surface area contributed by atoms with Crippen molar-refractivity contribution in [2.45, 2.75) is 25.8 Å². The second kappa shape index (κ2) is 9.34. The molecule has 1 amide bonds. The van der Waals surface area contributed by atoms with E-state index in [0.717, 1.165) is 30.2 Å². The topological polar surface area (TPSA) is 93.6 Å². The molecule has 3 aromatic rings. The molecule has 1 saturated heterocycles. The number of furan rings is 1. The van der Waals surface area contributed by atoms with E-state index in [2.05, 4.69) is 20.4 Å². The number of carbonyl (C=O) groups is 1. The van der Waals surface area contributed by atoms with Crippen LogP contribution in [0.2, 0.25) is 0 Å². The Morgan fingerprint density at radius 2 is 2.17 bits per heavy atom. The van der Waals surface area contributed by atoms with Gasteiger partial charge < -0.3 is 19.0 Å². The van der Waals surface area contributed by atoms with Crippen LogP contribution < -0.4 is 5.32 Å². The minimum absolute atomic E-state index is 0.00912. The van der Waals surface area contributed by atoms with E-state index in [4.69, 9.17) is 13.7 Å². The van der Waals surface area contributed by atoms with Gasteiger partial charge in [0.15, 0.2) is 0 Å². The van der Waals surface area contributed by atoms with E-state index in [-0.39, 0.29) is 18.4 Å². The SMILES string of the molecule is Cc1ccc(C(CNC(=O)CCc2nc(-c3ccsc3)no2)N2CCOCC2)o1. The quantitative estimate of drug-likeness (QED) is 0.603. The molecule has 29 heavy (non-hydrogen) atoms. The average Bonchev–Trinajstić information content (AvgIpc) is 3.49. The van der Waals surface area contributed by atoms with E-state index in [1.807, 2.05) is 35.9 Å². The number of rotatable bonds is 8. The third kappa shape index (κ3) is 5.11. The minimum atomic E-state index is -0.0539. The Bertz CT molecular complexity index is 915. The number of hydrogen-bond acceptors (Lipinski definition) is 8. The van der Waals surface area contributed by atoms with Crippen molar-refractivity contribution in [3.05, 3.63) is 46.4 Å². The van der Waals surface area contributed by atoms with E-state index < -0.39 is 0 Å². The molecule has 1 aliphatic heterocycles. The molecule has 9 heteroatoms. The maximum absolute atomic E-state index is 12.4. The lowest BCUT2D eigenvalue weighted by Gasteiger charge is -2.33. The molecular weight excluding hydrogens is 392 g/mol. The third-order valence-corrected chi connectivity index (χ3v) is 5.57. The number of amides is 1. The van der Waals surface area contributed by atoms with Crippen LogP contribution in [0.25, 0.3) is 11.4 Å². The summed E-state index contributed by atoms with van der Waals surface area (Å²) in [7, 11) is 0. The molecule has 154 valence electrons. The smallest absolute Gasteiger partial charge is 0.227 e. The summed E-state index contributed by atoms with van der Waals surface area (Å²) in [6, 6.07) is 5.86. The van der Waals surface area contributed by atoms with Crippen molar-refractivity contribution in [3.63, 3.8) is 0 Å². The molecular formula is C20H24N4O4S. The van der Waals surface area contributed by atoms with Gasteiger partial charge in [-0.2, -0.15) is 16.3 Å². The van der Waals surface area contributed by atoms with Crippen molar-refractivity contribution < 1.29 is 18.5 Å². The van der Waals surface area contributed by atoms with Crippen molar-refractivity contribution in [3.8, 4) is 11.4 Å². The zero-order valence-corrected chi connectivity index (χ0v) is 17.1. The van der Waals surface area contributed by atoms with Gasteiger partial charge in [-0.3, -0.25) is 9.69 Å². The zero-order chi connectivity index (χ0) is 20.1. The van der Waals surface area contributed by atoms with E-state index in [0.29, 0.717) is 37.9 Å². The molecule has 0 radical (unpaired) electrons. The first-order valence-corrected chi connectivity index (χ1v) is 10.6. The van der Waals surface area contributed by atoms with Gasteiger partial charge in [-0.25, -0.2) is 0 Å². The van der Waals surface area contributed by atoms with Gasteiger partial charge in [0.2, 0.25) is 17.6 Å². The molecule has 4 heterocycles. The Morgan fingerprint density at radius 3 is 2.90 bits per heavy atom. The Morgan fingerprint density at radius 1 is 1.31 bits per heavy atom. The van der Waals surface area contributed by atoms with Crippen molar-refractivity contribution in [2.75, 3.05) is 32.8 Å². The molecule has 3 aromatic heterocycles. The Kier molecular flexibility index (Phi) is 6.38. The molecule has 0 saturated carbocycles. The third-order valence-electron chi connectivity index (χ3n) is 4.88. The molecule has 1 fully saturated rings. The van der Waals surface area contributed by atoms with E-state index in [9.17, 15) is 4.79 Å². The molecule has 0 aromatic carbocycles. The second-order valence-electron chi connectivity index (χ2n) is 6.94. The first kappa shape index (κ1) is 19.8. The first-order valence-electron chi connectivity index (χ1n) is 9.69. The highest BCUT2D eigenvalue weighted by Crippen LogP contribution is 2.23. The summed E-state index contributed by atoms with van der Waals surface area (Å²) in [6.07, 6.45) is 0.698. The van der Waals surface area contributed by atoms with Crippen LogP contribution in [0.4, 0.5) is 0 Å². The summed E-state index contributed by atoms with van der Waals surface area (Å²) in [4.78, 5) is 19.0. The van der Waals surface area contributed by atoms with Gasteiger partial charge >= 0.3 is 0 Å². The Hall–Kier alpha value is -2.49. The van der Waals surface area contributed by atoms with Gasteiger partial charge in [-0.05, 0) is 30.5 Å². The minimum Gasteiger partial charge on any atom is -0.465 e. The Balaban J connectivity index is 1.31. The number of aryl methyl sites for hydroxylation is 2. The summed E-state index contributed by atoms with van der Waals surface area (Å²) in [6.45, 7) is 5.41. The fraction of sp³-hybridized carbons (Fsp3) is 0.450. The van der Waals surface area contributed by atoms with Gasteiger partial charge in [0.05, 0.1) is 19.3 Å². The molecule has 1 unspecified atom stereocenters. The highest BCUT2D eigenvalue weighted by Gasteiger charge is 2.25. The van der Waals surface area contributed by atoms with Crippen LogP contribution in [0.15, 0.2) is 37.9 Å². The molecule has 0 spiro atoms. The standard InChI is InChI=1S/C20H24N4O4S/c1-14-2-3-17(27-14)16(24-7-9-26-10-8-24)12-21-18(25)4-5-19-22-20(23-28-19)15-6-11-29-13-15/h2-3,6,11,13,16H,4-5,7-10,12H2,1H3,(H,21,25). The second-order valence-corrected chi connectivity index (χ2v) is 7.72. The average molecular weight is 417 g/mol. The molecule has 1 atom stereocenters. The van der Waals surface area contributed by atoms with Crippen molar-refractivity contribution >= 4 is 17.2 Å². The molecule has 0 aliphatic carbocycles. The fourth-order valence-corrected chi connectivity index (χ4v) is 3.95. The van der Waals surface area contributed by atoms with Crippen LogP contribution in [0.5, 0.6) is 0 Å². The van der Waals surface area contributed by atoms with Crippen molar-refractivity contribution in [1.82, 2.24) is 20.4 Å². The lowest BCUT2D eigenvalue weighted by molar-refractivity contribution is -0.121. The largest absolute Gasteiger partial charge is 0.465 e. The molecule has 1 N–H and O–H groups in total. The highest BCUT2D eigenvalue weighted by molar-refractivity contribution is 7.08. The molecule has 8 nitrogen and oxygen atoms in total. The highest BCUT2D eigenvalue weighted by atomic mass is 32.1. The van der Waals surface area contributed by atoms with Crippen LogP contribution >= 0.6 is 11.3 Å². The van der Waals surface area contributed by atoms with Crippen molar-refractivity contribution in [2.24, 2.45) is 0 Å². The summed E-state index contributed by atoms with van der Waals surface area (Å²) in [5.41, 5.74) is 0.927. The molecule has 1 aliphatic rings. The van der Waals surface area contributed by atoms with Gasteiger partial charge in [-0.1, -0.05) is 5.16 Å². The number of nitrogens with zero attached hydrogens (tertiary/aromatic N) is 3. The van der Waals surface area contributed by atoms with E-state index >= 15 is 0 Å². The normalized spacial score (nSPS) is 16.0. The number of aromatic nitrogens is 2. The zero-order valence-electron chi connectivity index (χ0n) is 16.3. The number of nitrogens with one attached hydrogen (secondary N) is 1. The first-order chi connectivity index (χ1) is 14.2. The van der Waals surface area contributed by atoms with Gasteiger partial charge in [-0.15, -0.1) is 0 Å². The number of hydrogen-bond donors (Lipinski definition) is 1. The van der Waals surface area contributed by atoms with E-state index in [1.54, 1.807) is 11.3 Å². The number of thiophene rings is 1. The van der Waals surface area contributed by atoms with Crippen LogP contribution in [0, 0.1) is 6.92 Å². The predicted octanol–water partition coefficient (Wildman–Crippen LogP) is 2.82. The van der Waals surface area contributed by atoms with Crippen LogP contribution in [0.3, 0.4) is 0 Å². The summed E-state index contributed by atoms with van der Waals surface area (Å²) in [5.74, 6) is 2.70. The summed E-state index contributed by atoms with van der Waals surface area (Å²) in [5, 5.41) is 10.9. The van der Waals surface area contributed by atoms with E-state index in [1.165, 1.54) is 0 Å². The van der Waals surface area contributed by atoms with Gasteiger partial charge in [0.1, 0.15) is 11.5 Å². The number of carbonyl (C=O) groups excluding carboxylic acids is 1. The molecule has 0 bridgehead atoms. The number of ether oxygens (including phenoxy) is 1. The number of morpholine rings is 1. The maximum Gasteiger partial charge on any atom is 0.227 e. The van der Waals surface area contributed by atoms with Crippen LogP contribution in [-0.4, -0.2) is 53.8 Å². The van der Waals surface area contributed by atoms with Gasteiger partial charge in [0, 0.05) is 43.4 Å². The fourth-order valence-electron chi connectivity index (χ4n) is 3.32. The van der Waals surface area contributed by atoms with Gasteiger partial charge in [0.25, 0.3) is 0 Å². The van der Waals surface area contributed by atoms with Crippen LogP contribution in [0.1, 0.15) is 29.9 Å². The van der Waals surface area contributed by atoms with Crippen LogP contribution in [-0.2, 0) is 16.0 Å². The van der Waals surface area contributed by atoms with Crippen molar-refractivity contribution in [1.29, 1.82) is 0 Å². The summed E-state index contributed by atoms with van der Waals surface area (Å²) >= 11 is 1.58. The lowest BCUT2D eigenvalue weighted by atomic mass is 10.1. The monoisotopic (exact) mass is 416 g/mol. The Labute approximate surface area is 172 Å². The lowest BCUT2D eigenvalue weighted by Crippen LogP contribution is -2.43. The summed E-state index contributed by atoms with van der Waals surface area (Å²) < 4.78 is 16.5. The molecule has 4 rings (SSSR count). The predicted molar refractivity (Wildman–Crippen MR) is 108 cm³/mol.